The maximum Gasteiger partial charge on any atom is 0.0171 e. The number of nitrogens with one attached hydrogen (secondary N) is 1. The van der Waals surface area contributed by atoms with Gasteiger partial charge in [0.25, 0.3) is 0 Å². The summed E-state index contributed by atoms with van der Waals surface area (Å²) in [6.07, 6.45) is 10.4. The van der Waals surface area contributed by atoms with Gasteiger partial charge in [0.2, 0.25) is 0 Å². The molecule has 1 heteroatoms. The van der Waals surface area contributed by atoms with Crippen molar-refractivity contribution in [3.63, 3.8) is 0 Å². The van der Waals surface area contributed by atoms with E-state index in [-0.39, 0.29) is 0 Å². The summed E-state index contributed by atoms with van der Waals surface area (Å²) < 4.78 is 0. The van der Waals surface area contributed by atoms with Crippen molar-refractivity contribution in [3.8, 4) is 0 Å². The SMILES string of the molecule is C1=CCC2C(=C1)C=C1CNCC12. The maximum absolute atomic E-state index is 3.44. The average Bonchev–Trinajstić information content (AvgIpc) is 2.62. The van der Waals surface area contributed by atoms with Crippen molar-refractivity contribution in [3.05, 3.63) is 35.5 Å². The molecule has 1 N–H and O–H groups in total. The number of fused-ring (bicyclic) bond motifs is 3. The number of hydrogen-bond acceptors (Lipinski definition) is 1. The van der Waals surface area contributed by atoms with Gasteiger partial charge in [-0.2, -0.15) is 0 Å². The molecule has 0 aromatic rings. The third-order valence-corrected chi connectivity index (χ3v) is 3.25. The third kappa shape index (κ3) is 0.774. The zero-order chi connectivity index (χ0) is 7.97. The fraction of sp³-hybridized carbons (Fsp3) is 0.455. The summed E-state index contributed by atoms with van der Waals surface area (Å²) in [6.45, 7) is 2.32. The molecule has 1 heterocycles. The van der Waals surface area contributed by atoms with Crippen molar-refractivity contribution in [2.24, 2.45) is 11.8 Å². The molecule has 2 atom stereocenters. The molecule has 12 heavy (non-hydrogen) atoms. The minimum Gasteiger partial charge on any atom is -0.312 e. The lowest BCUT2D eigenvalue weighted by Crippen LogP contribution is -2.17. The van der Waals surface area contributed by atoms with Crippen LogP contribution in [-0.4, -0.2) is 13.1 Å². The molecule has 0 spiro atoms. The predicted octanol–water partition coefficient (Wildman–Crippen LogP) is 1.65. The molecule has 0 aromatic carbocycles. The van der Waals surface area contributed by atoms with Crippen LogP contribution in [0.2, 0.25) is 0 Å². The fourth-order valence-electron chi connectivity index (χ4n) is 2.62. The molecule has 1 saturated heterocycles. The minimum atomic E-state index is 0.806. The second kappa shape index (κ2) is 2.33. The topological polar surface area (TPSA) is 12.0 Å². The highest BCUT2D eigenvalue weighted by Crippen LogP contribution is 2.41. The summed E-state index contributed by atoms with van der Waals surface area (Å²) in [5, 5.41) is 3.44. The van der Waals surface area contributed by atoms with Crippen molar-refractivity contribution in [2.45, 2.75) is 6.42 Å². The standard InChI is InChI=1S/C11H13N/c1-2-4-10-8(3-1)5-9-6-12-7-11(9)10/h1-3,5,10-12H,4,6-7H2. The van der Waals surface area contributed by atoms with Gasteiger partial charge in [0.15, 0.2) is 0 Å². The quantitative estimate of drug-likeness (QED) is 0.566. The van der Waals surface area contributed by atoms with Crippen molar-refractivity contribution in [2.75, 3.05) is 13.1 Å². The molecule has 3 aliphatic rings. The Morgan fingerprint density at radius 3 is 3.33 bits per heavy atom. The number of hydrogen-bond donors (Lipinski definition) is 1. The normalized spacial score (nSPS) is 37.3. The van der Waals surface area contributed by atoms with E-state index in [1.807, 2.05) is 0 Å². The summed E-state index contributed by atoms with van der Waals surface area (Å²) in [4.78, 5) is 0. The molecule has 0 amide bonds. The van der Waals surface area contributed by atoms with Crippen LogP contribution in [0.25, 0.3) is 0 Å². The molecular formula is C11H13N. The van der Waals surface area contributed by atoms with Gasteiger partial charge in [-0.3, -0.25) is 0 Å². The van der Waals surface area contributed by atoms with Crippen LogP contribution >= 0.6 is 0 Å². The third-order valence-electron chi connectivity index (χ3n) is 3.25. The lowest BCUT2D eigenvalue weighted by molar-refractivity contribution is 0.486. The van der Waals surface area contributed by atoms with E-state index in [4.69, 9.17) is 0 Å². The van der Waals surface area contributed by atoms with Gasteiger partial charge in [-0.15, -0.1) is 0 Å². The summed E-state index contributed by atoms with van der Waals surface area (Å²) in [6, 6.07) is 0. The Kier molecular flexibility index (Phi) is 1.30. The second-order valence-electron chi connectivity index (χ2n) is 3.89. The molecule has 0 saturated carbocycles. The fourth-order valence-corrected chi connectivity index (χ4v) is 2.62. The van der Waals surface area contributed by atoms with Gasteiger partial charge in [-0.25, -0.2) is 0 Å². The van der Waals surface area contributed by atoms with E-state index in [1.54, 1.807) is 11.1 Å². The minimum absolute atomic E-state index is 0.806. The summed E-state index contributed by atoms with van der Waals surface area (Å²) in [5.41, 5.74) is 3.20. The smallest absolute Gasteiger partial charge is 0.0171 e. The number of allylic oxidation sites excluding steroid dienone is 5. The van der Waals surface area contributed by atoms with E-state index in [1.165, 1.54) is 13.0 Å². The highest BCUT2D eigenvalue weighted by atomic mass is 14.9. The molecule has 1 fully saturated rings. The first-order chi connectivity index (χ1) is 5.95. The molecule has 2 unspecified atom stereocenters. The summed E-state index contributed by atoms with van der Waals surface area (Å²) >= 11 is 0. The van der Waals surface area contributed by atoms with Gasteiger partial charge >= 0.3 is 0 Å². The zero-order valence-corrected chi connectivity index (χ0v) is 7.09. The molecular weight excluding hydrogens is 146 g/mol. The first-order valence-electron chi connectivity index (χ1n) is 4.73. The van der Waals surface area contributed by atoms with Crippen LogP contribution < -0.4 is 5.32 Å². The van der Waals surface area contributed by atoms with Gasteiger partial charge in [0.05, 0.1) is 0 Å². The van der Waals surface area contributed by atoms with Gasteiger partial charge < -0.3 is 5.32 Å². The van der Waals surface area contributed by atoms with E-state index >= 15 is 0 Å². The van der Waals surface area contributed by atoms with E-state index in [9.17, 15) is 0 Å². The molecule has 1 aliphatic heterocycles. The lowest BCUT2D eigenvalue weighted by Gasteiger charge is -2.19. The van der Waals surface area contributed by atoms with Crippen LogP contribution in [0.1, 0.15) is 6.42 Å². The van der Waals surface area contributed by atoms with E-state index in [2.05, 4.69) is 29.6 Å². The van der Waals surface area contributed by atoms with Crippen LogP contribution in [0.3, 0.4) is 0 Å². The van der Waals surface area contributed by atoms with Crippen molar-refractivity contribution in [1.29, 1.82) is 0 Å². The van der Waals surface area contributed by atoms with Crippen LogP contribution in [0.4, 0.5) is 0 Å². The first-order valence-corrected chi connectivity index (χ1v) is 4.73. The van der Waals surface area contributed by atoms with E-state index < -0.39 is 0 Å². The van der Waals surface area contributed by atoms with Gasteiger partial charge in [0, 0.05) is 19.0 Å². The molecule has 0 radical (unpaired) electrons. The van der Waals surface area contributed by atoms with Crippen LogP contribution in [-0.2, 0) is 0 Å². The van der Waals surface area contributed by atoms with Gasteiger partial charge in [0.1, 0.15) is 0 Å². The molecule has 1 nitrogen and oxygen atoms in total. The Morgan fingerprint density at radius 1 is 1.33 bits per heavy atom. The second-order valence-corrected chi connectivity index (χ2v) is 3.89. The number of rotatable bonds is 0. The first kappa shape index (κ1) is 6.67. The zero-order valence-electron chi connectivity index (χ0n) is 7.09. The van der Waals surface area contributed by atoms with Gasteiger partial charge in [-0.1, -0.05) is 29.9 Å². The highest BCUT2D eigenvalue weighted by molar-refractivity contribution is 5.43. The Morgan fingerprint density at radius 2 is 2.33 bits per heavy atom. The van der Waals surface area contributed by atoms with Gasteiger partial charge in [-0.05, 0) is 17.9 Å². The monoisotopic (exact) mass is 159 g/mol. The lowest BCUT2D eigenvalue weighted by atomic mass is 9.86. The highest BCUT2D eigenvalue weighted by Gasteiger charge is 2.35. The van der Waals surface area contributed by atoms with Crippen LogP contribution in [0.15, 0.2) is 35.5 Å². The largest absolute Gasteiger partial charge is 0.312 e. The molecule has 0 aromatic heterocycles. The van der Waals surface area contributed by atoms with E-state index in [0.717, 1.165) is 18.4 Å². The van der Waals surface area contributed by atoms with Crippen LogP contribution in [0, 0.1) is 11.8 Å². The maximum atomic E-state index is 3.44. The molecule has 0 bridgehead atoms. The summed E-state index contributed by atoms with van der Waals surface area (Å²) in [7, 11) is 0. The Balaban J connectivity index is 2.02. The van der Waals surface area contributed by atoms with Crippen molar-refractivity contribution in [1.82, 2.24) is 5.32 Å². The Bertz CT molecular complexity index is 296. The molecule has 2 aliphatic carbocycles. The Hall–Kier alpha value is -0.820. The van der Waals surface area contributed by atoms with Crippen LogP contribution in [0.5, 0.6) is 0 Å². The molecule has 62 valence electrons. The van der Waals surface area contributed by atoms with Crippen molar-refractivity contribution >= 4 is 0 Å². The predicted molar refractivity (Wildman–Crippen MR) is 49.8 cm³/mol. The van der Waals surface area contributed by atoms with E-state index in [0.29, 0.717) is 0 Å². The Labute approximate surface area is 72.9 Å². The average molecular weight is 159 g/mol. The molecule has 3 rings (SSSR count). The van der Waals surface area contributed by atoms with Crippen molar-refractivity contribution < 1.29 is 0 Å². The summed E-state index contributed by atoms with van der Waals surface area (Å²) in [5.74, 6) is 1.63.